The van der Waals surface area contributed by atoms with Gasteiger partial charge in [0.25, 0.3) is 0 Å². The molecule has 1 aliphatic rings. The molecule has 57 heavy (non-hydrogen) atoms. The SMILES string of the molecule is c1ccc(-c2nc(-c3ccc(-c4ccc5ccccc5c4)cc3)nc(-c3ccccc3-n3c4ccccc4c4c5cccc6c5n(c43)-c3ccccc3S6)n2)cc1. The van der Waals surface area contributed by atoms with E-state index >= 15 is 0 Å². The lowest BCUT2D eigenvalue weighted by Crippen LogP contribution is -2.07. The van der Waals surface area contributed by atoms with Crippen LogP contribution in [0.25, 0.3) is 100 Å². The molecule has 12 rings (SSSR count). The summed E-state index contributed by atoms with van der Waals surface area (Å²) in [5.41, 5.74) is 10.8. The average Bonchev–Trinajstić information content (AvgIpc) is 3.80. The fourth-order valence-corrected chi connectivity index (χ4v) is 9.64. The molecule has 0 bridgehead atoms. The zero-order chi connectivity index (χ0) is 37.5. The van der Waals surface area contributed by atoms with E-state index in [2.05, 4.69) is 179 Å². The number of benzene rings is 8. The second kappa shape index (κ2) is 12.6. The number of rotatable bonds is 5. The van der Waals surface area contributed by atoms with Crippen molar-refractivity contribution in [2.45, 2.75) is 9.79 Å². The second-order valence-electron chi connectivity index (χ2n) is 14.4. The Balaban J connectivity index is 1.08. The number of nitrogens with zero attached hydrogens (tertiary/aromatic N) is 5. The molecule has 0 atom stereocenters. The fraction of sp³-hybridized carbons (Fsp3) is 0. The summed E-state index contributed by atoms with van der Waals surface area (Å²) in [6.07, 6.45) is 0. The van der Waals surface area contributed by atoms with Gasteiger partial charge in [-0.3, -0.25) is 9.13 Å². The van der Waals surface area contributed by atoms with Crippen molar-refractivity contribution in [1.82, 2.24) is 24.1 Å². The van der Waals surface area contributed by atoms with Crippen LogP contribution in [0.4, 0.5) is 0 Å². The lowest BCUT2D eigenvalue weighted by molar-refractivity contribution is 1.02. The van der Waals surface area contributed by atoms with Crippen LogP contribution >= 0.6 is 11.8 Å². The van der Waals surface area contributed by atoms with Crippen LogP contribution in [0.15, 0.2) is 198 Å². The molecule has 11 aromatic rings. The van der Waals surface area contributed by atoms with Gasteiger partial charge in [-0.2, -0.15) is 0 Å². The monoisotopic (exact) mass is 745 g/mol. The molecule has 0 spiro atoms. The van der Waals surface area contributed by atoms with Gasteiger partial charge in [-0.05, 0) is 64.4 Å². The van der Waals surface area contributed by atoms with Gasteiger partial charge >= 0.3 is 0 Å². The van der Waals surface area contributed by atoms with Crippen molar-refractivity contribution < 1.29 is 0 Å². The molecule has 1 aliphatic heterocycles. The lowest BCUT2D eigenvalue weighted by Gasteiger charge is -2.21. The van der Waals surface area contributed by atoms with Crippen LogP contribution in [0, 0.1) is 0 Å². The molecular weight excluding hydrogens is 715 g/mol. The van der Waals surface area contributed by atoms with E-state index in [1.807, 2.05) is 30.0 Å². The summed E-state index contributed by atoms with van der Waals surface area (Å²) in [4.78, 5) is 18.1. The van der Waals surface area contributed by atoms with Gasteiger partial charge in [0.1, 0.15) is 5.65 Å². The zero-order valence-electron chi connectivity index (χ0n) is 30.5. The van der Waals surface area contributed by atoms with Gasteiger partial charge in [0.2, 0.25) is 0 Å². The normalized spacial score (nSPS) is 12.1. The zero-order valence-corrected chi connectivity index (χ0v) is 31.4. The number of hydrogen-bond acceptors (Lipinski definition) is 4. The summed E-state index contributed by atoms with van der Waals surface area (Å²) < 4.78 is 4.88. The van der Waals surface area contributed by atoms with E-state index in [4.69, 9.17) is 15.0 Å². The third-order valence-electron chi connectivity index (χ3n) is 11.2. The van der Waals surface area contributed by atoms with Gasteiger partial charge in [0.15, 0.2) is 17.5 Å². The van der Waals surface area contributed by atoms with Gasteiger partial charge < -0.3 is 0 Å². The third kappa shape index (κ3) is 5.01. The molecule has 0 unspecified atom stereocenters. The highest BCUT2D eigenvalue weighted by Crippen LogP contribution is 2.49. The summed E-state index contributed by atoms with van der Waals surface area (Å²) in [6, 6.07) is 66.5. The number of hydrogen-bond donors (Lipinski definition) is 0. The highest BCUT2D eigenvalue weighted by Gasteiger charge is 2.28. The fourth-order valence-electron chi connectivity index (χ4n) is 8.55. The maximum atomic E-state index is 5.27. The summed E-state index contributed by atoms with van der Waals surface area (Å²) in [5, 5.41) is 6.15. The van der Waals surface area contributed by atoms with Crippen molar-refractivity contribution >= 4 is 55.4 Å². The Labute approximate surface area is 332 Å². The van der Waals surface area contributed by atoms with Gasteiger partial charge in [0.05, 0.1) is 22.4 Å². The Morgan fingerprint density at radius 3 is 1.86 bits per heavy atom. The van der Waals surface area contributed by atoms with E-state index in [0.29, 0.717) is 17.5 Å². The molecule has 5 nitrogen and oxygen atoms in total. The van der Waals surface area contributed by atoms with E-state index in [1.54, 1.807) is 0 Å². The van der Waals surface area contributed by atoms with Crippen LogP contribution in [0.3, 0.4) is 0 Å². The van der Waals surface area contributed by atoms with Crippen LogP contribution in [0.1, 0.15) is 0 Å². The van der Waals surface area contributed by atoms with Gasteiger partial charge in [0, 0.05) is 42.6 Å². The predicted molar refractivity (Wildman–Crippen MR) is 234 cm³/mol. The van der Waals surface area contributed by atoms with Gasteiger partial charge in [-0.1, -0.05) is 157 Å². The molecule has 0 N–H and O–H groups in total. The second-order valence-corrected chi connectivity index (χ2v) is 15.5. The molecule has 0 aliphatic carbocycles. The molecule has 0 saturated heterocycles. The first-order chi connectivity index (χ1) is 28.3. The van der Waals surface area contributed by atoms with Crippen molar-refractivity contribution in [2.24, 2.45) is 0 Å². The highest BCUT2D eigenvalue weighted by atomic mass is 32.2. The van der Waals surface area contributed by atoms with E-state index in [1.165, 1.54) is 53.5 Å². The molecule has 0 saturated carbocycles. The predicted octanol–water partition coefficient (Wildman–Crippen LogP) is 13.2. The van der Waals surface area contributed by atoms with Crippen molar-refractivity contribution in [3.05, 3.63) is 188 Å². The smallest absolute Gasteiger partial charge is 0.166 e. The summed E-state index contributed by atoms with van der Waals surface area (Å²) in [6.45, 7) is 0. The van der Waals surface area contributed by atoms with Crippen molar-refractivity contribution in [3.63, 3.8) is 0 Å². The molecule has 4 heterocycles. The molecule has 0 radical (unpaired) electrons. The summed E-state index contributed by atoms with van der Waals surface area (Å²) in [7, 11) is 0. The third-order valence-corrected chi connectivity index (χ3v) is 12.3. The topological polar surface area (TPSA) is 48.5 Å². The molecule has 8 aromatic carbocycles. The Morgan fingerprint density at radius 2 is 1.00 bits per heavy atom. The van der Waals surface area contributed by atoms with E-state index in [-0.39, 0.29) is 0 Å². The van der Waals surface area contributed by atoms with Crippen LogP contribution < -0.4 is 0 Å². The van der Waals surface area contributed by atoms with E-state index in [9.17, 15) is 0 Å². The first-order valence-corrected chi connectivity index (χ1v) is 19.9. The molecular formula is C51H31N5S. The summed E-state index contributed by atoms with van der Waals surface area (Å²) >= 11 is 1.84. The van der Waals surface area contributed by atoms with Crippen LogP contribution in [-0.4, -0.2) is 24.1 Å². The number of para-hydroxylation sites is 4. The Morgan fingerprint density at radius 1 is 0.386 bits per heavy atom. The summed E-state index contributed by atoms with van der Waals surface area (Å²) in [5.74, 6) is 1.87. The maximum absolute atomic E-state index is 5.27. The Bertz CT molecular complexity index is 3380. The van der Waals surface area contributed by atoms with Crippen LogP contribution in [0.5, 0.6) is 0 Å². The molecule has 6 heteroatoms. The molecule has 0 amide bonds. The minimum Gasteiger partial charge on any atom is -0.294 e. The average molecular weight is 746 g/mol. The standard InChI is InChI=1S/C51H31N5S/c1-2-14-34(15-3-1)48-52-49(35-28-25-33(26-29-35)37-30-27-32-13-4-5-16-36(32)31-37)54-50(53-48)39-18-7-9-21-42(39)55-41-20-8-6-17-38(41)46-40-19-12-24-45-47(40)56(51(46)55)43-22-10-11-23-44(43)57-45/h1-31H. The van der Waals surface area contributed by atoms with Crippen molar-refractivity contribution in [1.29, 1.82) is 0 Å². The molecule has 3 aromatic heterocycles. The van der Waals surface area contributed by atoms with Crippen molar-refractivity contribution in [3.8, 4) is 56.7 Å². The lowest BCUT2D eigenvalue weighted by atomic mass is 10.00. The number of aromatic nitrogens is 5. The maximum Gasteiger partial charge on any atom is 0.166 e. The first kappa shape index (κ1) is 32.0. The quantitative estimate of drug-likeness (QED) is 0.176. The van der Waals surface area contributed by atoms with Gasteiger partial charge in [-0.25, -0.2) is 15.0 Å². The Kier molecular flexibility index (Phi) is 7.09. The van der Waals surface area contributed by atoms with Crippen LogP contribution in [0.2, 0.25) is 0 Å². The van der Waals surface area contributed by atoms with E-state index in [0.717, 1.165) is 39.1 Å². The Hall–Kier alpha value is -7.28. The first-order valence-electron chi connectivity index (χ1n) is 19.1. The van der Waals surface area contributed by atoms with Gasteiger partial charge in [-0.15, -0.1) is 0 Å². The minimum absolute atomic E-state index is 0.616. The van der Waals surface area contributed by atoms with E-state index < -0.39 is 0 Å². The number of fused-ring (bicyclic) bond motifs is 8. The van der Waals surface area contributed by atoms with Crippen molar-refractivity contribution in [2.75, 3.05) is 0 Å². The highest BCUT2D eigenvalue weighted by molar-refractivity contribution is 7.99. The van der Waals surface area contributed by atoms with Crippen LogP contribution in [-0.2, 0) is 0 Å². The molecule has 0 fully saturated rings. The largest absolute Gasteiger partial charge is 0.294 e. The minimum atomic E-state index is 0.616. The molecule has 266 valence electrons.